The number of hydrogen-bond acceptors (Lipinski definition) is 3. The van der Waals surface area contributed by atoms with Gasteiger partial charge in [-0.25, -0.2) is 9.97 Å². The highest BCUT2D eigenvalue weighted by molar-refractivity contribution is 14.1. The van der Waals surface area contributed by atoms with Crippen LogP contribution in [0.3, 0.4) is 0 Å². The quantitative estimate of drug-likeness (QED) is 0.681. The Labute approximate surface area is 108 Å². The molecular weight excluding hydrogens is 324 g/mol. The van der Waals surface area contributed by atoms with E-state index in [-0.39, 0.29) is 0 Å². The lowest BCUT2D eigenvalue weighted by Crippen LogP contribution is -2.13. The van der Waals surface area contributed by atoms with Crippen molar-refractivity contribution in [3.8, 4) is 0 Å². The molecule has 2 atom stereocenters. The molecule has 15 heavy (non-hydrogen) atoms. The van der Waals surface area contributed by atoms with Gasteiger partial charge in [0.05, 0.1) is 0 Å². The van der Waals surface area contributed by atoms with Gasteiger partial charge in [-0.1, -0.05) is 0 Å². The highest BCUT2D eigenvalue weighted by Gasteiger charge is 2.22. The Morgan fingerprint density at radius 1 is 1.40 bits per heavy atom. The van der Waals surface area contributed by atoms with Gasteiger partial charge >= 0.3 is 0 Å². The van der Waals surface area contributed by atoms with Crippen LogP contribution in [0.4, 0.5) is 5.95 Å². The molecule has 1 aromatic rings. The van der Waals surface area contributed by atoms with Crippen molar-refractivity contribution in [1.82, 2.24) is 9.97 Å². The van der Waals surface area contributed by atoms with Crippen molar-refractivity contribution < 1.29 is 0 Å². The number of aromatic nitrogens is 2. The Morgan fingerprint density at radius 3 is 2.73 bits per heavy atom. The molecule has 1 heterocycles. The lowest BCUT2D eigenvalue weighted by atomic mass is 10.1. The molecule has 0 aromatic carbocycles. The van der Waals surface area contributed by atoms with Gasteiger partial charge in [-0.15, -0.1) is 11.6 Å². The van der Waals surface area contributed by atoms with Crippen LogP contribution in [0.15, 0.2) is 12.4 Å². The van der Waals surface area contributed by atoms with Gasteiger partial charge in [-0.05, 0) is 47.8 Å². The molecule has 5 heteroatoms. The topological polar surface area (TPSA) is 37.8 Å². The van der Waals surface area contributed by atoms with Crippen molar-refractivity contribution >= 4 is 40.1 Å². The van der Waals surface area contributed by atoms with Gasteiger partial charge in [0.15, 0.2) is 0 Å². The highest BCUT2D eigenvalue weighted by atomic mass is 127. The molecule has 1 aliphatic rings. The number of rotatable bonds is 3. The van der Waals surface area contributed by atoms with Crippen LogP contribution in [0.1, 0.15) is 19.3 Å². The van der Waals surface area contributed by atoms with Gasteiger partial charge in [0.25, 0.3) is 0 Å². The number of nitrogens with one attached hydrogen (secondary N) is 1. The summed E-state index contributed by atoms with van der Waals surface area (Å²) in [6.07, 6.45) is 7.09. The van der Waals surface area contributed by atoms with E-state index in [9.17, 15) is 0 Å². The maximum absolute atomic E-state index is 6.05. The van der Waals surface area contributed by atoms with E-state index in [1.54, 1.807) is 0 Å². The van der Waals surface area contributed by atoms with E-state index < -0.39 is 0 Å². The summed E-state index contributed by atoms with van der Waals surface area (Å²) in [4.78, 5) is 8.39. The molecule has 1 saturated carbocycles. The van der Waals surface area contributed by atoms with Crippen LogP contribution in [-0.2, 0) is 0 Å². The van der Waals surface area contributed by atoms with Crippen molar-refractivity contribution in [2.75, 3.05) is 11.9 Å². The Morgan fingerprint density at radius 2 is 2.13 bits per heavy atom. The van der Waals surface area contributed by atoms with Crippen molar-refractivity contribution in [3.05, 3.63) is 16.0 Å². The molecular formula is C10H13ClIN3. The molecule has 0 aliphatic heterocycles. The van der Waals surface area contributed by atoms with E-state index in [2.05, 4.69) is 37.9 Å². The van der Waals surface area contributed by atoms with Gasteiger partial charge < -0.3 is 5.32 Å². The van der Waals surface area contributed by atoms with Crippen molar-refractivity contribution in [1.29, 1.82) is 0 Å². The number of halogens is 2. The van der Waals surface area contributed by atoms with Crippen LogP contribution in [0.25, 0.3) is 0 Å². The molecule has 0 radical (unpaired) electrons. The number of nitrogens with zero attached hydrogens (tertiary/aromatic N) is 2. The minimum Gasteiger partial charge on any atom is -0.354 e. The largest absolute Gasteiger partial charge is 0.354 e. The van der Waals surface area contributed by atoms with Crippen LogP contribution >= 0.6 is 34.2 Å². The first-order valence-corrected chi connectivity index (χ1v) is 6.61. The average Bonchev–Trinajstić information content (AvgIpc) is 2.64. The highest BCUT2D eigenvalue weighted by Crippen LogP contribution is 2.29. The van der Waals surface area contributed by atoms with E-state index in [1.807, 2.05) is 12.4 Å². The zero-order chi connectivity index (χ0) is 10.7. The number of alkyl halides is 1. The summed E-state index contributed by atoms with van der Waals surface area (Å²) in [5, 5.41) is 3.62. The van der Waals surface area contributed by atoms with Gasteiger partial charge in [0.2, 0.25) is 5.95 Å². The fourth-order valence-corrected chi connectivity index (χ4v) is 2.50. The first kappa shape index (κ1) is 11.4. The van der Waals surface area contributed by atoms with Gasteiger partial charge in [0.1, 0.15) is 0 Å². The normalized spacial score (nSPS) is 25.5. The summed E-state index contributed by atoms with van der Waals surface area (Å²) in [6, 6.07) is 0. The van der Waals surface area contributed by atoms with E-state index >= 15 is 0 Å². The van der Waals surface area contributed by atoms with Gasteiger partial charge in [0, 0.05) is 27.9 Å². The molecule has 2 rings (SSSR count). The maximum atomic E-state index is 6.05. The number of hydrogen-bond donors (Lipinski definition) is 1. The first-order chi connectivity index (χ1) is 7.24. The fraction of sp³-hybridized carbons (Fsp3) is 0.600. The van der Waals surface area contributed by atoms with Crippen LogP contribution in [-0.4, -0.2) is 21.9 Å². The van der Waals surface area contributed by atoms with Crippen molar-refractivity contribution in [2.45, 2.75) is 24.6 Å². The predicted molar refractivity (Wildman–Crippen MR) is 70.2 cm³/mol. The molecule has 1 fully saturated rings. The Balaban J connectivity index is 1.80. The third-order valence-corrected chi connectivity index (χ3v) is 3.60. The summed E-state index contributed by atoms with van der Waals surface area (Å²) in [6.45, 7) is 0.934. The average molecular weight is 338 g/mol. The smallest absolute Gasteiger partial charge is 0.222 e. The second-order valence-electron chi connectivity index (χ2n) is 3.88. The summed E-state index contributed by atoms with van der Waals surface area (Å²) in [5.41, 5.74) is 0. The second-order valence-corrected chi connectivity index (χ2v) is 5.74. The summed E-state index contributed by atoms with van der Waals surface area (Å²) in [7, 11) is 0. The Kier molecular flexibility index (Phi) is 4.02. The minimum absolute atomic E-state index is 0.370. The van der Waals surface area contributed by atoms with E-state index in [0.29, 0.717) is 17.2 Å². The van der Waals surface area contributed by atoms with Gasteiger partial charge in [-0.2, -0.15) is 0 Å². The van der Waals surface area contributed by atoms with Crippen LogP contribution in [0, 0.1) is 9.49 Å². The standard InChI is InChI=1S/C10H13ClIN3/c11-8-2-1-7(3-8)4-13-10-14-5-9(12)6-15-10/h5-8H,1-4H2,(H,13,14,15). The lowest BCUT2D eigenvalue weighted by molar-refractivity contribution is 0.578. The zero-order valence-electron chi connectivity index (χ0n) is 8.29. The van der Waals surface area contributed by atoms with Crippen LogP contribution < -0.4 is 5.32 Å². The first-order valence-electron chi connectivity index (χ1n) is 5.09. The van der Waals surface area contributed by atoms with Gasteiger partial charge in [-0.3, -0.25) is 0 Å². The summed E-state index contributed by atoms with van der Waals surface area (Å²) >= 11 is 8.24. The predicted octanol–water partition coefficient (Wildman–Crippen LogP) is 2.90. The molecule has 0 amide bonds. The van der Waals surface area contributed by atoms with E-state index in [0.717, 1.165) is 23.0 Å². The maximum Gasteiger partial charge on any atom is 0.222 e. The third-order valence-electron chi connectivity index (χ3n) is 2.65. The molecule has 0 saturated heterocycles. The Bertz CT molecular complexity index is 317. The van der Waals surface area contributed by atoms with Crippen LogP contribution in [0.2, 0.25) is 0 Å². The number of anilines is 1. The molecule has 1 aromatic heterocycles. The SMILES string of the molecule is ClC1CCC(CNc2ncc(I)cn2)C1. The van der Waals surface area contributed by atoms with Crippen molar-refractivity contribution in [3.63, 3.8) is 0 Å². The monoisotopic (exact) mass is 337 g/mol. The molecule has 82 valence electrons. The molecule has 3 nitrogen and oxygen atoms in total. The Hall–Kier alpha value is -0.100. The van der Waals surface area contributed by atoms with E-state index in [4.69, 9.17) is 11.6 Å². The summed E-state index contributed by atoms with van der Waals surface area (Å²) < 4.78 is 1.06. The second kappa shape index (κ2) is 5.30. The fourth-order valence-electron chi connectivity index (χ4n) is 1.84. The molecule has 0 bridgehead atoms. The summed E-state index contributed by atoms with van der Waals surface area (Å²) in [5.74, 6) is 1.39. The lowest BCUT2D eigenvalue weighted by Gasteiger charge is -2.10. The molecule has 2 unspecified atom stereocenters. The molecule has 1 aliphatic carbocycles. The molecule has 1 N–H and O–H groups in total. The molecule has 0 spiro atoms. The van der Waals surface area contributed by atoms with E-state index in [1.165, 1.54) is 6.42 Å². The third kappa shape index (κ3) is 3.45. The van der Waals surface area contributed by atoms with Crippen molar-refractivity contribution in [2.24, 2.45) is 5.92 Å². The minimum atomic E-state index is 0.370. The zero-order valence-corrected chi connectivity index (χ0v) is 11.2. The van der Waals surface area contributed by atoms with Crippen LogP contribution in [0.5, 0.6) is 0 Å².